The van der Waals surface area contributed by atoms with E-state index in [0.717, 1.165) is 5.56 Å². The fraction of sp³-hybridized carbons (Fsp3) is 0.560. The molecule has 2 aliphatic carbocycles. The van der Waals surface area contributed by atoms with Gasteiger partial charge in [0.15, 0.2) is 35.9 Å². The highest BCUT2D eigenvalue weighted by Crippen LogP contribution is 2.65. The van der Waals surface area contributed by atoms with Gasteiger partial charge in [-0.3, -0.25) is 0 Å². The number of phenolic OH excluding ortho intramolecular Hbond substituents is 1. The van der Waals surface area contributed by atoms with E-state index < -0.39 is 53.3 Å². The maximum atomic E-state index is 12.8. The van der Waals surface area contributed by atoms with Gasteiger partial charge in [-0.25, -0.2) is 14.4 Å². The monoisotopic (exact) mass is 521 g/mol. The molecule has 0 amide bonds. The Morgan fingerprint density at radius 1 is 1.19 bits per heavy atom. The van der Waals surface area contributed by atoms with Crippen LogP contribution < -0.4 is 4.74 Å². The molecule has 0 aromatic heterocycles. The van der Waals surface area contributed by atoms with Crippen LogP contribution in [0.2, 0.25) is 0 Å². The molecule has 1 spiro atoms. The minimum Gasteiger partial charge on any atom is -0.504 e. The van der Waals surface area contributed by atoms with Gasteiger partial charge < -0.3 is 44.6 Å². The molecule has 5 N–H and O–H groups in total. The Labute approximate surface area is 212 Å². The van der Waals surface area contributed by atoms with Crippen LogP contribution in [-0.2, 0) is 35.7 Å². The van der Waals surface area contributed by atoms with E-state index in [0.29, 0.717) is 24.9 Å². The van der Waals surface area contributed by atoms with Crippen LogP contribution in [0.5, 0.6) is 11.5 Å². The molecule has 0 radical (unpaired) electrons. The highest BCUT2D eigenvalue weighted by Gasteiger charge is 2.72. The second-order valence-corrected chi connectivity index (χ2v) is 9.83. The molecule has 5 rings (SSSR count). The summed E-state index contributed by atoms with van der Waals surface area (Å²) in [5.41, 5.74) is -0.571. The quantitative estimate of drug-likeness (QED) is 0.305. The molecule has 2 bridgehead atoms. The fourth-order valence-electron chi connectivity index (χ4n) is 6.19. The van der Waals surface area contributed by atoms with Crippen molar-refractivity contribution in [2.45, 2.75) is 75.1 Å². The van der Waals surface area contributed by atoms with Gasteiger partial charge in [0.1, 0.15) is 5.76 Å². The van der Waals surface area contributed by atoms with Crippen LogP contribution in [0.1, 0.15) is 38.3 Å². The minimum absolute atomic E-state index is 0. The minimum atomic E-state index is -2.42. The van der Waals surface area contributed by atoms with Crippen molar-refractivity contribution in [2.24, 2.45) is 0 Å². The lowest BCUT2D eigenvalue weighted by atomic mass is 9.50. The molecule has 1 fully saturated rings. The number of aliphatic hydroxyl groups excluding tert-OH is 2. The van der Waals surface area contributed by atoms with E-state index in [4.69, 9.17) is 19.3 Å². The third kappa shape index (κ3) is 3.62. The normalized spacial score (nSPS) is 31.4. The van der Waals surface area contributed by atoms with Crippen LogP contribution in [0.25, 0.3) is 0 Å². The average molecular weight is 522 g/mol. The number of carboxylic acids is 1. The van der Waals surface area contributed by atoms with Crippen molar-refractivity contribution >= 4 is 17.9 Å². The number of carbonyl (C=O) groups is 3. The number of rotatable bonds is 6. The van der Waals surface area contributed by atoms with Crippen molar-refractivity contribution in [3.05, 3.63) is 35.1 Å². The Kier molecular flexibility index (Phi) is 6.52. The molecule has 1 saturated heterocycles. The van der Waals surface area contributed by atoms with Crippen LogP contribution in [0.15, 0.2) is 24.0 Å². The molecular weight excluding hydrogens is 490 g/mol. The van der Waals surface area contributed by atoms with Crippen LogP contribution in [0.4, 0.5) is 0 Å². The lowest BCUT2D eigenvalue weighted by Crippen LogP contribution is -2.74. The summed E-state index contributed by atoms with van der Waals surface area (Å²) in [6, 6.07) is 3.13. The summed E-state index contributed by atoms with van der Waals surface area (Å²) in [7, 11) is 1.94. The van der Waals surface area contributed by atoms with Crippen LogP contribution in [0.3, 0.4) is 0 Å². The molecule has 4 aliphatic rings. The average Bonchev–Trinajstić information content (AvgIpc) is 3.19. The molecular formula is C25H31NO11. The first-order valence-electron chi connectivity index (χ1n) is 11.6. The van der Waals surface area contributed by atoms with Crippen LogP contribution in [0, 0.1) is 0 Å². The smallest absolute Gasteiger partial charge is 0.352 e. The number of piperidine rings is 1. The first-order valence-corrected chi connectivity index (χ1v) is 11.6. The molecule has 12 nitrogen and oxygen atoms in total. The largest absolute Gasteiger partial charge is 0.504 e. The number of nitrogens with zero attached hydrogens (tertiary/aromatic N) is 1. The first kappa shape index (κ1) is 26.9. The molecule has 7 atom stereocenters. The number of aromatic hydroxyl groups is 1. The van der Waals surface area contributed by atoms with Gasteiger partial charge in [-0.1, -0.05) is 13.5 Å². The number of aliphatic hydroxyl groups is 3. The fourth-order valence-corrected chi connectivity index (χ4v) is 6.19. The molecule has 2 heterocycles. The lowest BCUT2D eigenvalue weighted by molar-refractivity contribution is -0.182. The molecule has 202 valence electrons. The summed E-state index contributed by atoms with van der Waals surface area (Å²) in [5, 5.41) is 50.3. The summed E-state index contributed by atoms with van der Waals surface area (Å²) in [6.07, 6.45) is -4.56. The number of aliphatic carboxylic acids is 1. The summed E-state index contributed by atoms with van der Waals surface area (Å²) < 4.78 is 16.5. The van der Waals surface area contributed by atoms with Crippen molar-refractivity contribution in [3.8, 4) is 11.5 Å². The van der Waals surface area contributed by atoms with Crippen molar-refractivity contribution in [1.29, 1.82) is 0 Å². The highest BCUT2D eigenvalue weighted by atomic mass is 16.6. The number of hydrogen-bond acceptors (Lipinski definition) is 11. The summed E-state index contributed by atoms with van der Waals surface area (Å²) in [6.45, 7) is 1.80. The van der Waals surface area contributed by atoms with E-state index in [-0.39, 0.29) is 37.1 Å². The van der Waals surface area contributed by atoms with Crippen molar-refractivity contribution in [2.75, 3.05) is 13.6 Å². The zero-order chi connectivity index (χ0) is 26.2. The molecule has 12 heteroatoms. The number of carbonyl (C=O) groups excluding carboxylic acids is 2. The van der Waals surface area contributed by atoms with Gasteiger partial charge in [0, 0.05) is 18.0 Å². The molecule has 0 saturated carbocycles. The third-order valence-corrected chi connectivity index (χ3v) is 7.99. The van der Waals surface area contributed by atoms with Gasteiger partial charge in [-0.15, -0.1) is 0 Å². The Bertz CT molecular complexity index is 1180. The molecule has 37 heavy (non-hydrogen) atoms. The molecule has 1 aromatic rings. The van der Waals surface area contributed by atoms with Crippen LogP contribution >= 0.6 is 0 Å². The number of likely N-dealkylation sites (tertiary alicyclic amines) is 1. The van der Waals surface area contributed by atoms with Gasteiger partial charge in [0.05, 0.1) is 11.0 Å². The zero-order valence-electron chi connectivity index (χ0n) is 19.6. The van der Waals surface area contributed by atoms with Crippen molar-refractivity contribution in [3.63, 3.8) is 0 Å². The second-order valence-electron chi connectivity index (χ2n) is 9.83. The summed E-state index contributed by atoms with van der Waals surface area (Å²) >= 11 is 0. The maximum absolute atomic E-state index is 12.8. The van der Waals surface area contributed by atoms with Gasteiger partial charge in [-0.2, -0.15) is 0 Å². The van der Waals surface area contributed by atoms with E-state index >= 15 is 0 Å². The van der Waals surface area contributed by atoms with E-state index in [1.807, 2.05) is 13.1 Å². The molecule has 0 unspecified atom stereocenters. The maximum Gasteiger partial charge on any atom is 0.352 e. The lowest BCUT2D eigenvalue weighted by Gasteiger charge is -2.61. The SMILES string of the molecule is C.C[C@H](OC(=O)[C@H](O)[C@@H](O)C(=O)O)C(=O)OC1=CC[C@@]2(O)[C@H]3Cc4ccc(O)c5c4[C@@]2(CCN3C)[C@H]1O5. The number of carboxylic acid groups (broad SMARTS) is 1. The van der Waals surface area contributed by atoms with E-state index in [2.05, 4.69) is 4.90 Å². The third-order valence-electron chi connectivity index (χ3n) is 7.99. The molecule has 2 aliphatic heterocycles. The number of phenols is 1. The second kappa shape index (κ2) is 8.98. The Hall–Kier alpha value is -3.19. The van der Waals surface area contributed by atoms with Gasteiger partial charge in [-0.05, 0) is 51.1 Å². The highest BCUT2D eigenvalue weighted by molar-refractivity contribution is 5.86. The zero-order valence-corrected chi connectivity index (χ0v) is 19.6. The molecule has 1 aromatic carbocycles. The first-order chi connectivity index (χ1) is 16.9. The number of esters is 2. The summed E-state index contributed by atoms with van der Waals surface area (Å²) in [5.74, 6) is -4.13. The predicted octanol–water partition coefficient (Wildman–Crippen LogP) is -0.413. The van der Waals surface area contributed by atoms with E-state index in [9.17, 15) is 34.8 Å². The van der Waals surface area contributed by atoms with Gasteiger partial charge in [0.25, 0.3) is 0 Å². The van der Waals surface area contributed by atoms with Gasteiger partial charge in [0.2, 0.25) is 0 Å². The predicted molar refractivity (Wildman–Crippen MR) is 125 cm³/mol. The Balaban J connectivity index is 0.00000320. The number of likely N-dealkylation sites (N-methyl/N-ethyl adjacent to an activating group) is 1. The van der Waals surface area contributed by atoms with Crippen molar-refractivity contribution in [1.82, 2.24) is 4.90 Å². The van der Waals surface area contributed by atoms with Crippen LogP contribution in [-0.4, -0.2) is 98.0 Å². The van der Waals surface area contributed by atoms with Gasteiger partial charge >= 0.3 is 17.9 Å². The summed E-state index contributed by atoms with van der Waals surface area (Å²) in [4.78, 5) is 37.6. The number of benzene rings is 1. The standard InChI is InChI=1S/C24H27NO11.CH4/c1-10(34-22(32)17(28)16(27)20(29)30)21(31)35-13-5-6-24(33)14-9-11-3-4-12(26)18-15(11)23(24,19(13)36-18)7-8-25(14)2;/h3-5,10,14,16-17,19,26-28,33H,6-9H2,1-2H3,(H,29,30);1H4/t10-,14+,16+,17+,19-,23-,24+;/m0./s1. The van der Waals surface area contributed by atoms with E-state index in [1.54, 1.807) is 6.08 Å². The van der Waals surface area contributed by atoms with E-state index in [1.165, 1.54) is 13.0 Å². The Morgan fingerprint density at radius 3 is 2.57 bits per heavy atom. The number of hydrogen-bond donors (Lipinski definition) is 5. The van der Waals surface area contributed by atoms with Crippen molar-refractivity contribution < 1.29 is 54.1 Å². The Morgan fingerprint density at radius 2 is 1.89 bits per heavy atom. The number of ether oxygens (including phenoxy) is 3. The topological polar surface area (TPSA) is 183 Å².